The number of rotatable bonds is 7. The van der Waals surface area contributed by atoms with E-state index in [0.717, 1.165) is 46.8 Å². The molecule has 0 bridgehead atoms. The van der Waals surface area contributed by atoms with Gasteiger partial charge in [-0.1, -0.05) is 30.3 Å². The summed E-state index contributed by atoms with van der Waals surface area (Å²) in [7, 11) is 1.64. The zero-order valence-electron chi connectivity index (χ0n) is 17.9. The zero-order chi connectivity index (χ0) is 21.6. The number of para-hydroxylation sites is 1. The van der Waals surface area contributed by atoms with Gasteiger partial charge in [0.05, 0.1) is 19.0 Å². The molecule has 0 unspecified atom stereocenters. The third-order valence-electron chi connectivity index (χ3n) is 5.61. The molecule has 2 heterocycles. The van der Waals surface area contributed by atoms with Gasteiger partial charge in [0.25, 0.3) is 0 Å². The number of aromatic nitrogens is 1. The molecule has 1 saturated heterocycles. The number of hydrogen-bond acceptors (Lipinski definition) is 6. The highest BCUT2D eigenvalue weighted by Crippen LogP contribution is 2.27. The van der Waals surface area contributed by atoms with Crippen molar-refractivity contribution in [3.8, 4) is 5.75 Å². The number of anilines is 2. The van der Waals surface area contributed by atoms with E-state index < -0.39 is 0 Å². The fourth-order valence-electron chi connectivity index (χ4n) is 3.93. The summed E-state index contributed by atoms with van der Waals surface area (Å²) in [6.45, 7) is 4.16. The highest BCUT2D eigenvalue weighted by molar-refractivity contribution is 5.93. The van der Waals surface area contributed by atoms with Crippen LogP contribution in [0.2, 0.25) is 0 Å². The first-order chi connectivity index (χ1) is 15.2. The van der Waals surface area contributed by atoms with E-state index in [1.807, 2.05) is 47.4 Å². The number of pyridine rings is 1. The number of fused-ring (bicyclic) bond motifs is 1. The molecule has 162 valence electrons. The van der Waals surface area contributed by atoms with Crippen LogP contribution in [0.1, 0.15) is 5.56 Å². The SMILES string of the molecule is COc1cccc(CC(=O)N2CCN(c3cc(NCCN)c4ccccc4n3)CC2)c1. The Hall–Kier alpha value is -3.32. The third kappa shape index (κ3) is 4.88. The van der Waals surface area contributed by atoms with Crippen LogP contribution in [0.3, 0.4) is 0 Å². The second-order valence-corrected chi connectivity index (χ2v) is 7.66. The maximum Gasteiger partial charge on any atom is 0.227 e. The Morgan fingerprint density at radius 1 is 1.10 bits per heavy atom. The molecule has 7 heteroatoms. The summed E-state index contributed by atoms with van der Waals surface area (Å²) < 4.78 is 5.26. The van der Waals surface area contributed by atoms with Gasteiger partial charge in [0.15, 0.2) is 0 Å². The Labute approximate surface area is 182 Å². The molecule has 0 aliphatic carbocycles. The van der Waals surface area contributed by atoms with E-state index in [1.165, 1.54) is 0 Å². The van der Waals surface area contributed by atoms with Crippen LogP contribution in [0, 0.1) is 0 Å². The summed E-state index contributed by atoms with van der Waals surface area (Å²) in [5, 5.41) is 4.50. The average molecular weight is 420 g/mol. The number of ether oxygens (including phenoxy) is 1. The van der Waals surface area contributed by atoms with Gasteiger partial charge in [-0.2, -0.15) is 0 Å². The van der Waals surface area contributed by atoms with Crippen LogP contribution in [-0.4, -0.2) is 62.2 Å². The smallest absolute Gasteiger partial charge is 0.227 e. The van der Waals surface area contributed by atoms with Crippen LogP contribution >= 0.6 is 0 Å². The van der Waals surface area contributed by atoms with Gasteiger partial charge in [0.1, 0.15) is 11.6 Å². The van der Waals surface area contributed by atoms with Crippen molar-refractivity contribution in [3.63, 3.8) is 0 Å². The number of methoxy groups -OCH3 is 1. The van der Waals surface area contributed by atoms with Crippen molar-refractivity contribution >= 4 is 28.3 Å². The average Bonchev–Trinajstić information content (AvgIpc) is 2.82. The molecule has 1 amide bonds. The van der Waals surface area contributed by atoms with Crippen molar-refractivity contribution < 1.29 is 9.53 Å². The van der Waals surface area contributed by atoms with E-state index in [0.29, 0.717) is 32.6 Å². The molecule has 1 fully saturated rings. The fraction of sp³-hybridized carbons (Fsp3) is 0.333. The fourth-order valence-corrected chi connectivity index (χ4v) is 3.93. The molecular weight excluding hydrogens is 390 g/mol. The number of nitrogens with two attached hydrogens (primary N) is 1. The van der Waals surface area contributed by atoms with Crippen LogP contribution in [0.5, 0.6) is 5.75 Å². The van der Waals surface area contributed by atoms with Gasteiger partial charge in [-0.15, -0.1) is 0 Å². The summed E-state index contributed by atoms with van der Waals surface area (Å²) in [5.74, 6) is 1.85. The van der Waals surface area contributed by atoms with Crippen molar-refractivity contribution in [1.82, 2.24) is 9.88 Å². The summed E-state index contributed by atoms with van der Waals surface area (Å²) in [4.78, 5) is 21.8. The monoisotopic (exact) mass is 419 g/mol. The number of carbonyl (C=O) groups is 1. The van der Waals surface area contributed by atoms with Gasteiger partial charge in [-0.05, 0) is 23.8 Å². The van der Waals surface area contributed by atoms with Crippen LogP contribution in [0.25, 0.3) is 10.9 Å². The number of nitrogens with one attached hydrogen (secondary N) is 1. The first-order valence-electron chi connectivity index (χ1n) is 10.7. The minimum Gasteiger partial charge on any atom is -0.497 e. The lowest BCUT2D eigenvalue weighted by atomic mass is 10.1. The maximum absolute atomic E-state index is 12.8. The lowest BCUT2D eigenvalue weighted by Gasteiger charge is -2.35. The van der Waals surface area contributed by atoms with Crippen molar-refractivity contribution in [2.45, 2.75) is 6.42 Å². The largest absolute Gasteiger partial charge is 0.497 e. The van der Waals surface area contributed by atoms with Crippen molar-refractivity contribution in [2.75, 3.05) is 56.6 Å². The number of carbonyl (C=O) groups excluding carboxylic acids is 1. The second kappa shape index (κ2) is 9.66. The number of amides is 1. The van der Waals surface area contributed by atoms with Crippen molar-refractivity contribution in [2.24, 2.45) is 5.73 Å². The Morgan fingerprint density at radius 3 is 2.68 bits per heavy atom. The minimum absolute atomic E-state index is 0.143. The molecule has 31 heavy (non-hydrogen) atoms. The van der Waals surface area contributed by atoms with E-state index in [1.54, 1.807) is 7.11 Å². The van der Waals surface area contributed by atoms with Crippen LogP contribution in [-0.2, 0) is 11.2 Å². The summed E-state index contributed by atoms with van der Waals surface area (Å²) in [6.07, 6.45) is 0.387. The minimum atomic E-state index is 0.143. The normalized spacial score (nSPS) is 14.0. The van der Waals surface area contributed by atoms with Crippen LogP contribution in [0.15, 0.2) is 54.6 Å². The van der Waals surface area contributed by atoms with Crippen molar-refractivity contribution in [1.29, 1.82) is 0 Å². The second-order valence-electron chi connectivity index (χ2n) is 7.66. The summed E-state index contributed by atoms with van der Waals surface area (Å²) >= 11 is 0. The van der Waals surface area contributed by atoms with Gasteiger partial charge >= 0.3 is 0 Å². The Morgan fingerprint density at radius 2 is 1.90 bits per heavy atom. The molecule has 2 aromatic carbocycles. The van der Waals surface area contributed by atoms with Gasteiger partial charge in [-0.25, -0.2) is 4.98 Å². The number of nitrogens with zero attached hydrogens (tertiary/aromatic N) is 3. The molecule has 1 aromatic heterocycles. The van der Waals surface area contributed by atoms with Gasteiger partial charge in [0, 0.05) is 56.4 Å². The number of piperazine rings is 1. The lowest BCUT2D eigenvalue weighted by molar-refractivity contribution is -0.130. The highest BCUT2D eigenvalue weighted by atomic mass is 16.5. The van der Waals surface area contributed by atoms with Crippen molar-refractivity contribution in [3.05, 3.63) is 60.2 Å². The summed E-state index contributed by atoms with van der Waals surface area (Å²) in [5.41, 5.74) is 8.65. The topological polar surface area (TPSA) is 83.7 Å². The van der Waals surface area contributed by atoms with Crippen LogP contribution in [0.4, 0.5) is 11.5 Å². The van der Waals surface area contributed by atoms with Gasteiger partial charge < -0.3 is 25.6 Å². The van der Waals surface area contributed by atoms with Crippen LogP contribution < -0.4 is 20.7 Å². The standard InChI is InChI=1S/C24H29N5O2/c1-31-19-6-4-5-18(15-19)16-24(30)29-13-11-28(12-14-29)23-17-22(26-10-9-25)20-7-2-3-8-21(20)27-23/h2-8,15,17H,9-14,16,25H2,1H3,(H,26,27). The molecule has 0 radical (unpaired) electrons. The van der Waals surface area contributed by atoms with Gasteiger partial charge in [-0.3, -0.25) is 4.79 Å². The molecule has 0 atom stereocenters. The molecule has 1 aliphatic heterocycles. The van der Waals surface area contributed by atoms with E-state index in [2.05, 4.69) is 22.3 Å². The number of benzene rings is 2. The quantitative estimate of drug-likeness (QED) is 0.612. The maximum atomic E-state index is 12.8. The molecule has 3 N–H and O–H groups in total. The van der Waals surface area contributed by atoms with E-state index in [-0.39, 0.29) is 5.91 Å². The van der Waals surface area contributed by atoms with E-state index in [4.69, 9.17) is 15.5 Å². The lowest BCUT2D eigenvalue weighted by Crippen LogP contribution is -2.49. The zero-order valence-corrected chi connectivity index (χ0v) is 17.9. The molecule has 0 spiro atoms. The molecule has 7 nitrogen and oxygen atoms in total. The third-order valence-corrected chi connectivity index (χ3v) is 5.61. The molecule has 0 saturated carbocycles. The number of hydrogen-bond donors (Lipinski definition) is 2. The van der Waals surface area contributed by atoms with E-state index in [9.17, 15) is 4.79 Å². The Balaban J connectivity index is 1.43. The predicted octanol–water partition coefficient (Wildman–Crippen LogP) is 2.51. The molecule has 3 aromatic rings. The highest BCUT2D eigenvalue weighted by Gasteiger charge is 2.23. The summed E-state index contributed by atoms with van der Waals surface area (Å²) in [6, 6.07) is 17.9. The Bertz CT molecular complexity index is 1050. The van der Waals surface area contributed by atoms with Gasteiger partial charge in [0.2, 0.25) is 5.91 Å². The molecule has 4 rings (SSSR count). The molecule has 1 aliphatic rings. The first kappa shape index (κ1) is 20.9. The Kier molecular flexibility index (Phi) is 6.52. The first-order valence-corrected chi connectivity index (χ1v) is 10.7. The predicted molar refractivity (Wildman–Crippen MR) is 125 cm³/mol. The molecular formula is C24H29N5O2. The van der Waals surface area contributed by atoms with E-state index >= 15 is 0 Å².